The second-order valence-electron chi connectivity index (χ2n) is 14.5. The van der Waals surface area contributed by atoms with Gasteiger partial charge in [0.2, 0.25) is 0 Å². The minimum atomic E-state index is -0.574. The summed E-state index contributed by atoms with van der Waals surface area (Å²) in [6.45, 7) is 19.8. The van der Waals surface area contributed by atoms with Gasteiger partial charge in [-0.3, -0.25) is 0 Å². The molecule has 40 heavy (non-hydrogen) atoms. The maximum absolute atomic E-state index is 6.46. The quantitative estimate of drug-likeness (QED) is 0.191. The highest BCUT2D eigenvalue weighted by atomic mass is 28.2. The van der Waals surface area contributed by atoms with Gasteiger partial charge in [-0.1, -0.05) is 145 Å². The van der Waals surface area contributed by atoms with Crippen molar-refractivity contribution in [2.24, 2.45) is 28.6 Å². The number of hydrogen-bond acceptors (Lipinski definition) is 1. The third-order valence-electron chi connectivity index (χ3n) is 7.83. The number of benzene rings is 3. The Labute approximate surface area is 248 Å². The summed E-state index contributed by atoms with van der Waals surface area (Å²) in [6.07, 6.45) is 5.04. The smallest absolute Gasteiger partial charge is 0.119 e. The molecular weight excluding hydrogens is 501 g/mol. The van der Waals surface area contributed by atoms with Crippen LogP contribution in [0.25, 0.3) is 5.57 Å². The molecule has 3 aromatic carbocycles. The highest BCUT2D eigenvalue weighted by Crippen LogP contribution is 2.34. The average molecular weight is 555 g/mol. The second-order valence-corrected chi connectivity index (χ2v) is 16.1. The van der Waals surface area contributed by atoms with E-state index in [9.17, 15) is 0 Å². The van der Waals surface area contributed by atoms with Crippen LogP contribution in [0, 0.1) is 28.6 Å². The van der Waals surface area contributed by atoms with E-state index in [0.29, 0.717) is 22.7 Å². The fourth-order valence-electron chi connectivity index (χ4n) is 6.09. The van der Waals surface area contributed by atoms with Crippen LogP contribution in [0.3, 0.4) is 0 Å². The molecule has 0 aromatic heterocycles. The third kappa shape index (κ3) is 11.5. The summed E-state index contributed by atoms with van der Waals surface area (Å²) in [7, 11) is -0.574. The Morgan fingerprint density at radius 1 is 0.700 bits per heavy atom. The van der Waals surface area contributed by atoms with E-state index in [2.05, 4.69) is 146 Å². The lowest BCUT2D eigenvalue weighted by molar-refractivity contribution is 0.147. The van der Waals surface area contributed by atoms with Gasteiger partial charge in [-0.15, -0.1) is 0 Å². The molecule has 0 heterocycles. The molecule has 0 aliphatic heterocycles. The van der Waals surface area contributed by atoms with Crippen LogP contribution in [0.4, 0.5) is 0 Å². The minimum Gasteiger partial charge on any atom is -0.493 e. The second kappa shape index (κ2) is 14.9. The van der Waals surface area contributed by atoms with E-state index in [0.717, 1.165) is 18.3 Å². The maximum Gasteiger partial charge on any atom is 0.119 e. The molecule has 0 radical (unpaired) electrons. The Kier molecular flexibility index (Phi) is 11.9. The van der Waals surface area contributed by atoms with Crippen molar-refractivity contribution >= 4 is 20.3 Å². The molecule has 3 unspecified atom stereocenters. The normalized spacial score (nSPS) is 14.6. The third-order valence-corrected chi connectivity index (χ3v) is 9.38. The van der Waals surface area contributed by atoms with Gasteiger partial charge in [0.15, 0.2) is 0 Å². The van der Waals surface area contributed by atoms with Crippen LogP contribution < -0.4 is 9.92 Å². The standard InChI is InChI=1S/C38H54OSi/c1-29(25-37(3,4)5)19-20-33(30(2)26-38(6,7)8)27-39-34-21-23-35(24-22-34)40-28-36(31-15-11-9-12-16-31)32-17-13-10-14-18-32/h9-18,21-24,28-30,33H,19-20,25-27,40H2,1-8H3. The van der Waals surface area contributed by atoms with E-state index < -0.39 is 9.52 Å². The Hall–Kier alpha value is -2.58. The minimum absolute atomic E-state index is 0.340. The largest absolute Gasteiger partial charge is 0.493 e. The van der Waals surface area contributed by atoms with Gasteiger partial charge in [-0.25, -0.2) is 0 Å². The topological polar surface area (TPSA) is 9.23 Å². The molecule has 2 heteroatoms. The van der Waals surface area contributed by atoms with Gasteiger partial charge in [0.1, 0.15) is 5.75 Å². The molecule has 0 spiro atoms. The number of rotatable bonds is 13. The molecule has 1 nitrogen and oxygen atoms in total. The van der Waals surface area contributed by atoms with Gasteiger partial charge < -0.3 is 4.74 Å². The zero-order valence-electron chi connectivity index (χ0n) is 26.5. The lowest BCUT2D eigenvalue weighted by Crippen LogP contribution is -2.25. The van der Waals surface area contributed by atoms with E-state index in [1.807, 2.05) is 0 Å². The van der Waals surface area contributed by atoms with Crippen molar-refractivity contribution in [3.8, 4) is 5.75 Å². The van der Waals surface area contributed by atoms with E-state index in [-0.39, 0.29) is 0 Å². The lowest BCUT2D eigenvalue weighted by atomic mass is 9.76. The molecule has 0 saturated carbocycles. The van der Waals surface area contributed by atoms with Crippen LogP contribution >= 0.6 is 0 Å². The Bertz CT molecular complexity index is 1110. The summed E-state index contributed by atoms with van der Waals surface area (Å²) >= 11 is 0. The summed E-state index contributed by atoms with van der Waals surface area (Å²) in [5.74, 6) is 2.98. The maximum atomic E-state index is 6.46. The van der Waals surface area contributed by atoms with Crippen molar-refractivity contribution < 1.29 is 4.74 Å². The van der Waals surface area contributed by atoms with Crippen LogP contribution in [0.15, 0.2) is 90.6 Å². The molecule has 0 bridgehead atoms. The molecule has 0 aliphatic carbocycles. The van der Waals surface area contributed by atoms with Crippen LogP contribution in [-0.2, 0) is 0 Å². The van der Waals surface area contributed by atoms with Crippen molar-refractivity contribution in [3.05, 3.63) is 102 Å². The van der Waals surface area contributed by atoms with E-state index >= 15 is 0 Å². The molecule has 3 aromatic rings. The van der Waals surface area contributed by atoms with Crippen molar-refractivity contribution in [1.82, 2.24) is 0 Å². The van der Waals surface area contributed by atoms with E-state index in [1.165, 1.54) is 47.6 Å². The molecule has 0 N–H and O–H groups in total. The Balaban J connectivity index is 1.65. The summed E-state index contributed by atoms with van der Waals surface area (Å²) in [6, 6.07) is 30.5. The molecular formula is C38H54OSi. The molecule has 216 valence electrons. The van der Waals surface area contributed by atoms with Gasteiger partial charge in [0.05, 0.1) is 16.1 Å². The molecule has 0 aliphatic rings. The Morgan fingerprint density at radius 3 is 1.73 bits per heavy atom. The molecule has 3 rings (SSSR count). The first kappa shape index (κ1) is 31.9. The molecule has 0 saturated heterocycles. The van der Waals surface area contributed by atoms with Crippen molar-refractivity contribution in [2.45, 2.75) is 81.1 Å². The summed E-state index contributed by atoms with van der Waals surface area (Å²) in [5, 5.41) is 1.44. The van der Waals surface area contributed by atoms with Crippen LogP contribution in [0.2, 0.25) is 0 Å². The van der Waals surface area contributed by atoms with Gasteiger partial charge in [-0.2, -0.15) is 0 Å². The molecule has 3 atom stereocenters. The predicted molar refractivity (Wildman–Crippen MR) is 179 cm³/mol. The van der Waals surface area contributed by atoms with Crippen LogP contribution in [0.5, 0.6) is 5.75 Å². The SMILES string of the molecule is CC(CCC(COc1ccc([SiH2]C=C(c2ccccc2)c2ccccc2)cc1)C(C)CC(C)(C)C)CC(C)(C)C. The summed E-state index contributed by atoms with van der Waals surface area (Å²) in [4.78, 5) is 0. The van der Waals surface area contributed by atoms with Gasteiger partial charge in [-0.05, 0) is 76.7 Å². The zero-order chi connectivity index (χ0) is 29.2. The van der Waals surface area contributed by atoms with E-state index in [4.69, 9.17) is 4.74 Å². The summed E-state index contributed by atoms with van der Waals surface area (Å²) in [5.41, 5.74) is 7.13. The first-order valence-electron chi connectivity index (χ1n) is 15.4. The number of ether oxygens (including phenoxy) is 1. The van der Waals surface area contributed by atoms with Crippen LogP contribution in [0.1, 0.15) is 92.2 Å². The van der Waals surface area contributed by atoms with Crippen molar-refractivity contribution in [3.63, 3.8) is 0 Å². The highest BCUT2D eigenvalue weighted by Gasteiger charge is 2.25. The Morgan fingerprint density at radius 2 is 1.23 bits per heavy atom. The van der Waals surface area contributed by atoms with Crippen molar-refractivity contribution in [1.29, 1.82) is 0 Å². The summed E-state index contributed by atoms with van der Waals surface area (Å²) < 4.78 is 6.46. The van der Waals surface area contributed by atoms with Gasteiger partial charge >= 0.3 is 0 Å². The first-order valence-corrected chi connectivity index (χ1v) is 16.9. The van der Waals surface area contributed by atoms with Gasteiger partial charge in [0.25, 0.3) is 0 Å². The predicted octanol–water partition coefficient (Wildman–Crippen LogP) is 9.49. The zero-order valence-corrected chi connectivity index (χ0v) is 28.0. The first-order chi connectivity index (χ1) is 18.9. The molecule has 0 amide bonds. The van der Waals surface area contributed by atoms with E-state index in [1.54, 1.807) is 0 Å². The van der Waals surface area contributed by atoms with Crippen LogP contribution in [-0.4, -0.2) is 16.1 Å². The van der Waals surface area contributed by atoms with Gasteiger partial charge in [0, 0.05) is 0 Å². The average Bonchev–Trinajstić information content (AvgIpc) is 2.89. The highest BCUT2D eigenvalue weighted by molar-refractivity contribution is 6.59. The lowest BCUT2D eigenvalue weighted by Gasteiger charge is -2.31. The van der Waals surface area contributed by atoms with Crippen molar-refractivity contribution in [2.75, 3.05) is 6.61 Å². The fourth-order valence-corrected chi connectivity index (χ4v) is 7.51. The monoisotopic (exact) mass is 554 g/mol. The molecule has 0 fully saturated rings. The fraction of sp³-hybridized carbons (Fsp3) is 0.474. The number of hydrogen-bond donors (Lipinski definition) is 0.